The monoisotopic (exact) mass is 299 g/mol. The molecule has 8 radical (unpaired) electrons. The van der Waals surface area contributed by atoms with Gasteiger partial charge >= 0.3 is 0 Å². The van der Waals surface area contributed by atoms with Crippen molar-refractivity contribution in [3.05, 3.63) is 0 Å². The number of fused-ring (bicyclic) bond motifs is 6. The van der Waals surface area contributed by atoms with Gasteiger partial charge in [0.1, 0.15) is 0 Å². The van der Waals surface area contributed by atoms with Crippen LogP contribution in [0.4, 0.5) is 0 Å². The molecule has 3 heterocycles. The van der Waals surface area contributed by atoms with E-state index >= 15 is 0 Å². The van der Waals surface area contributed by atoms with Crippen molar-refractivity contribution in [2.45, 2.75) is 24.4 Å². The highest BCUT2D eigenvalue weighted by molar-refractivity contribution is 7.72. The summed E-state index contributed by atoms with van der Waals surface area (Å²) in [6, 6.07) is 0. The maximum atomic E-state index is 12.0. The van der Waals surface area contributed by atoms with Gasteiger partial charge in [-0.1, -0.05) is 18.0 Å². The second-order valence-corrected chi connectivity index (χ2v) is 8.11. The van der Waals surface area contributed by atoms with E-state index in [0.717, 1.165) is 4.48 Å². The fourth-order valence-corrected chi connectivity index (χ4v) is 2.64. The fraction of sp³-hybridized carbons (Fsp3) is 0.909. The minimum atomic E-state index is -0.0714. The molecule has 2 atom stereocenters. The largest absolute Gasteiger partial charge is 0.349 e. The Hall–Kier alpha value is 0.0144. The van der Waals surface area contributed by atoms with Gasteiger partial charge in [0.15, 0.2) is 0 Å². The van der Waals surface area contributed by atoms with E-state index in [-0.39, 0.29) is 11.1 Å². The molecule has 0 aromatic carbocycles. The Bertz CT molecular complexity index is 382. The van der Waals surface area contributed by atoms with Gasteiger partial charge < -0.3 is 9.38 Å². The maximum Gasteiger partial charge on any atom is 0.221 e. The summed E-state index contributed by atoms with van der Waals surface area (Å²) in [5.41, 5.74) is 0. The van der Waals surface area contributed by atoms with Crippen molar-refractivity contribution in [3.8, 4) is 0 Å². The molecule has 1 amide bonds. The highest BCUT2D eigenvalue weighted by atomic mass is 16.2. The average Bonchev–Trinajstić information content (AvgIpc) is 2.43. The zero-order chi connectivity index (χ0) is 17.7. The van der Waals surface area contributed by atoms with Crippen molar-refractivity contribution in [2.75, 3.05) is 42.3 Å². The number of hydrogen-bond acceptors (Lipinski definition) is 1. The summed E-state index contributed by atoms with van der Waals surface area (Å²) in [4.78, 5) is 13.6. The van der Waals surface area contributed by atoms with Crippen molar-refractivity contribution in [1.82, 2.24) is 4.90 Å². The smallest absolute Gasteiger partial charge is 0.221 e. The first-order valence-corrected chi connectivity index (χ1v) is 8.26. The molecule has 0 N–H and O–H groups in total. The predicted molar refractivity (Wildman–Crippen MR) is 111 cm³/mol. The van der Waals surface area contributed by atoms with E-state index < -0.39 is 0 Å². The van der Waals surface area contributed by atoms with Crippen molar-refractivity contribution < 1.29 is 9.28 Å². The van der Waals surface area contributed by atoms with Crippen LogP contribution in [0.1, 0.15) is 13.3 Å². The lowest BCUT2D eigenvalue weighted by Crippen LogP contribution is -2.64. The van der Waals surface area contributed by atoms with E-state index in [1.54, 1.807) is 4.90 Å². The number of carbonyl (C=O) groups excluding carboxylic acids is 1. The molecular weight excluding hydrogens is 273 g/mol. The van der Waals surface area contributed by atoms with Crippen LogP contribution in [0.2, 0.25) is 11.0 Å². The van der Waals surface area contributed by atoms with Crippen LogP contribution in [-0.2, 0) is 4.79 Å². The van der Waals surface area contributed by atoms with Crippen molar-refractivity contribution in [3.63, 3.8) is 0 Å². The van der Waals surface area contributed by atoms with E-state index in [0.29, 0.717) is 18.7 Å². The van der Waals surface area contributed by atoms with Crippen LogP contribution in [0.5, 0.6) is 0 Å². The topological polar surface area (TPSA) is 20.3 Å². The Balaban J connectivity index is 0.000000463. The van der Waals surface area contributed by atoms with E-state index in [4.69, 9.17) is 0 Å². The third-order valence-electron chi connectivity index (χ3n) is 4.07. The molecule has 0 aliphatic carbocycles. The molecule has 3 aliphatic heterocycles. The molecule has 2 bridgehead atoms. The number of carbonyl (C=O) groups is 1. The van der Waals surface area contributed by atoms with Gasteiger partial charge in [-0.2, -0.15) is 0 Å². The molecule has 3 saturated heterocycles. The van der Waals surface area contributed by atoms with Gasteiger partial charge in [0.05, 0.1) is 49.0 Å². The number of rotatable bonds is 2. The average molecular weight is 298 g/mol. The molecule has 3 nitrogen and oxygen atoms in total. The second-order valence-electron chi connectivity index (χ2n) is 8.11. The molecule has 2 unspecified atom stereocenters. The minimum absolute atomic E-state index is 0.0714. The summed E-state index contributed by atoms with van der Waals surface area (Å²) in [5, 5.41) is -0.0714. The van der Waals surface area contributed by atoms with Crippen LogP contribution < -0.4 is 0 Å². The zero-order valence-corrected chi connectivity index (χ0v) is 15.8. The molecule has 0 aromatic rings. The normalized spacial score (nSPS) is 25.3. The van der Waals surface area contributed by atoms with Gasteiger partial charge in [-0.3, -0.25) is 4.79 Å². The highest BCUT2D eigenvalue weighted by Gasteiger charge is 2.51. The molecule has 3 aliphatic rings. The quantitative estimate of drug-likeness (QED) is 0.424. The molecule has 3 rings (SSSR count). The maximum absolute atomic E-state index is 12.0. The second kappa shape index (κ2) is 8.92. The predicted octanol–water partition coefficient (Wildman–Crippen LogP) is -2.07. The first kappa shape index (κ1) is 21.1. The summed E-state index contributed by atoms with van der Waals surface area (Å²) >= 11 is 0. The molecule has 110 valence electrons. The van der Waals surface area contributed by atoms with Crippen LogP contribution in [-0.4, -0.2) is 121 Å². The summed E-state index contributed by atoms with van der Waals surface area (Å²) in [6.45, 7) is 2.71. The molecule has 12 heteroatoms. The van der Waals surface area contributed by atoms with Crippen molar-refractivity contribution in [1.29, 1.82) is 0 Å². The summed E-state index contributed by atoms with van der Waals surface area (Å²) in [7, 11) is 29.1. The number of hydrogen-bond donors (Lipinski definition) is 0. The first-order chi connectivity index (χ1) is 10.6. The van der Waals surface area contributed by atoms with Crippen LogP contribution in [0, 0.1) is 0 Å². The van der Waals surface area contributed by atoms with Gasteiger partial charge in [0.25, 0.3) is 0 Å². The molecule has 0 spiro atoms. The first-order valence-electron chi connectivity index (χ1n) is 8.26. The fourth-order valence-electron chi connectivity index (χ4n) is 2.64. The Kier molecular flexibility index (Phi) is 8.17. The molecule has 3 fully saturated rings. The van der Waals surface area contributed by atoms with E-state index in [1.807, 2.05) is 35.3 Å². The Labute approximate surface area is 150 Å². The number of quaternary nitrogens is 1. The van der Waals surface area contributed by atoms with Gasteiger partial charge in [0, 0.05) is 62.9 Å². The van der Waals surface area contributed by atoms with Crippen LogP contribution in [0.15, 0.2) is 0 Å². The Morgan fingerprint density at radius 1 is 1.09 bits per heavy atom. The Morgan fingerprint density at radius 2 is 1.61 bits per heavy atom. The molecule has 0 aromatic heterocycles. The zero-order valence-electron chi connectivity index (χ0n) is 15.8. The van der Waals surface area contributed by atoms with E-state index in [1.165, 1.54) is 0 Å². The van der Waals surface area contributed by atoms with E-state index in [2.05, 4.69) is 70.6 Å². The lowest BCUT2D eigenvalue weighted by Gasteiger charge is -2.55. The SMILES string of the molecule is CC1B2[B][B][B][B][B][B][B]C1(CC(=O)N(C)C)[B]2.C[N+](C)(C)C. The Morgan fingerprint density at radius 3 is 2.13 bits per heavy atom. The van der Waals surface area contributed by atoms with Crippen LogP contribution >= 0.6 is 0 Å². The highest BCUT2D eigenvalue weighted by Crippen LogP contribution is 2.52. The molecule has 23 heavy (non-hydrogen) atoms. The molecule has 0 saturated carbocycles. The lowest BCUT2D eigenvalue weighted by molar-refractivity contribution is -0.849. The third kappa shape index (κ3) is 7.19. The van der Waals surface area contributed by atoms with Crippen LogP contribution in [0.25, 0.3) is 0 Å². The van der Waals surface area contributed by atoms with Gasteiger partial charge in [-0.15, -0.1) is 0 Å². The summed E-state index contributed by atoms with van der Waals surface area (Å²) in [5.74, 6) is 0.673. The van der Waals surface area contributed by atoms with Gasteiger partial charge in [0.2, 0.25) is 5.91 Å². The minimum Gasteiger partial charge on any atom is -0.349 e. The third-order valence-corrected chi connectivity index (χ3v) is 4.07. The van der Waals surface area contributed by atoms with Gasteiger partial charge in [-0.05, 0) is 0 Å². The standard InChI is InChI=1S/C7H12B9NO.C4H12N/c1-5-7(4-6(18)17(2)3)8-10-11-12-13-14-15-16(5)9-7;1-5(2,3)4/h5H,4H2,1-3H3;1-4H3/q;+1. The summed E-state index contributed by atoms with van der Waals surface area (Å²) < 4.78 is 1.00. The summed E-state index contributed by atoms with van der Waals surface area (Å²) in [6.07, 6.45) is 0.569. The van der Waals surface area contributed by atoms with Crippen LogP contribution in [0.3, 0.4) is 0 Å². The van der Waals surface area contributed by atoms with E-state index in [9.17, 15) is 4.79 Å². The van der Waals surface area contributed by atoms with Crippen molar-refractivity contribution >= 4 is 69.1 Å². The van der Waals surface area contributed by atoms with Crippen molar-refractivity contribution in [2.24, 2.45) is 0 Å². The van der Waals surface area contributed by atoms with Gasteiger partial charge in [-0.25, -0.2) is 0 Å². The molecular formula is C11H24B9N2O+. The lowest BCUT2D eigenvalue weighted by atomic mass is 8.72. The number of nitrogens with zero attached hydrogens (tertiary/aromatic N) is 2. The number of amides is 1.